The number of hydrogen-bond acceptors (Lipinski definition) is 7. The molecule has 178 valence electrons. The smallest absolute Gasteiger partial charge is 0.224 e. The summed E-state index contributed by atoms with van der Waals surface area (Å²) in [5.41, 5.74) is 3.42. The minimum atomic E-state index is 0.0412. The number of unbranched alkanes of at least 4 members (excludes halogenated alkanes) is 1. The number of rotatable bonds is 12. The first kappa shape index (κ1) is 23.4. The maximum absolute atomic E-state index is 12.1. The summed E-state index contributed by atoms with van der Waals surface area (Å²) in [7, 11) is 1.65. The number of ether oxygens (including phenoxy) is 2. The van der Waals surface area contributed by atoms with Crippen molar-refractivity contribution in [2.24, 2.45) is 0 Å². The van der Waals surface area contributed by atoms with E-state index < -0.39 is 0 Å². The Morgan fingerprint density at radius 3 is 2.68 bits per heavy atom. The summed E-state index contributed by atoms with van der Waals surface area (Å²) in [6, 6.07) is 15.5. The van der Waals surface area contributed by atoms with Gasteiger partial charge in [-0.3, -0.25) is 9.20 Å². The van der Waals surface area contributed by atoms with Gasteiger partial charge in [-0.2, -0.15) is 0 Å². The second-order valence-corrected chi connectivity index (χ2v) is 8.00. The first-order valence-corrected chi connectivity index (χ1v) is 11.5. The van der Waals surface area contributed by atoms with Gasteiger partial charge in [0.2, 0.25) is 11.6 Å². The molecule has 2 heterocycles. The van der Waals surface area contributed by atoms with E-state index in [1.165, 1.54) is 0 Å². The monoisotopic (exact) mass is 462 g/mol. The maximum atomic E-state index is 12.1. The van der Waals surface area contributed by atoms with Crippen molar-refractivity contribution in [3.63, 3.8) is 0 Å². The lowest BCUT2D eigenvalue weighted by Gasteiger charge is -2.11. The molecule has 9 nitrogen and oxygen atoms in total. The number of benzene rings is 2. The summed E-state index contributed by atoms with van der Waals surface area (Å²) in [4.78, 5) is 16.9. The number of aromatic nitrogens is 4. The molecule has 1 amide bonds. The van der Waals surface area contributed by atoms with Crippen molar-refractivity contribution in [3.8, 4) is 5.75 Å². The third kappa shape index (κ3) is 5.79. The first-order chi connectivity index (χ1) is 16.7. The van der Waals surface area contributed by atoms with Gasteiger partial charge in [0.15, 0.2) is 5.82 Å². The van der Waals surface area contributed by atoms with Crippen molar-refractivity contribution < 1.29 is 14.3 Å². The van der Waals surface area contributed by atoms with Crippen molar-refractivity contribution in [3.05, 3.63) is 59.9 Å². The molecule has 4 aromatic rings. The summed E-state index contributed by atoms with van der Waals surface area (Å²) in [5.74, 6) is 2.24. The van der Waals surface area contributed by atoms with Gasteiger partial charge in [0, 0.05) is 26.3 Å². The third-order valence-electron chi connectivity index (χ3n) is 5.44. The zero-order valence-corrected chi connectivity index (χ0v) is 19.6. The van der Waals surface area contributed by atoms with E-state index in [-0.39, 0.29) is 5.91 Å². The Labute approximate surface area is 198 Å². The second kappa shape index (κ2) is 11.4. The molecule has 0 aliphatic heterocycles. The van der Waals surface area contributed by atoms with Crippen LogP contribution in [0.25, 0.3) is 16.7 Å². The molecule has 0 radical (unpaired) electrons. The predicted octanol–water partition coefficient (Wildman–Crippen LogP) is 3.16. The Morgan fingerprint density at radius 2 is 1.85 bits per heavy atom. The van der Waals surface area contributed by atoms with Crippen LogP contribution in [0, 0.1) is 6.92 Å². The molecule has 0 spiro atoms. The number of fused-ring (bicyclic) bond motifs is 3. The highest BCUT2D eigenvalue weighted by molar-refractivity contribution is 5.84. The predicted molar refractivity (Wildman–Crippen MR) is 131 cm³/mol. The van der Waals surface area contributed by atoms with Crippen LogP contribution in [0.5, 0.6) is 5.75 Å². The molecule has 9 heteroatoms. The van der Waals surface area contributed by atoms with E-state index in [9.17, 15) is 4.79 Å². The Hall–Kier alpha value is -3.72. The third-order valence-corrected chi connectivity index (χ3v) is 5.44. The molecule has 2 N–H and O–H groups in total. The van der Waals surface area contributed by atoms with Crippen LogP contribution in [0.4, 0.5) is 5.82 Å². The molecule has 0 unspecified atom stereocenters. The van der Waals surface area contributed by atoms with E-state index >= 15 is 0 Å². The summed E-state index contributed by atoms with van der Waals surface area (Å²) < 4.78 is 12.8. The molecule has 0 saturated carbocycles. The number of hydrogen-bond donors (Lipinski definition) is 2. The summed E-state index contributed by atoms with van der Waals surface area (Å²) in [5, 5.41) is 14.9. The summed E-state index contributed by atoms with van der Waals surface area (Å²) in [6.07, 6.45) is 2.15. The highest BCUT2D eigenvalue weighted by atomic mass is 16.5. The van der Waals surface area contributed by atoms with Crippen molar-refractivity contribution >= 4 is 28.4 Å². The molecule has 0 aliphatic carbocycles. The van der Waals surface area contributed by atoms with Gasteiger partial charge in [0.05, 0.1) is 24.1 Å². The Morgan fingerprint density at radius 1 is 1.03 bits per heavy atom. The van der Waals surface area contributed by atoms with Crippen LogP contribution in [0.1, 0.15) is 24.2 Å². The summed E-state index contributed by atoms with van der Waals surface area (Å²) >= 11 is 0. The Balaban J connectivity index is 1.34. The van der Waals surface area contributed by atoms with E-state index in [4.69, 9.17) is 14.5 Å². The number of methoxy groups -OCH3 is 1. The zero-order valence-electron chi connectivity index (χ0n) is 19.6. The molecule has 0 fully saturated rings. The van der Waals surface area contributed by atoms with Crippen molar-refractivity contribution in [2.75, 3.05) is 38.7 Å². The molecule has 4 rings (SSSR count). The molecule has 0 saturated heterocycles. The minimum absolute atomic E-state index is 0.0412. The van der Waals surface area contributed by atoms with Gasteiger partial charge in [-0.05, 0) is 37.5 Å². The fourth-order valence-electron chi connectivity index (χ4n) is 3.74. The van der Waals surface area contributed by atoms with Crippen LogP contribution in [-0.2, 0) is 16.0 Å². The fraction of sp³-hybridized carbons (Fsp3) is 0.360. The number of carbonyl (C=O) groups excluding carboxylic acids is 1. The van der Waals surface area contributed by atoms with Crippen molar-refractivity contribution in [2.45, 2.75) is 26.2 Å². The highest BCUT2D eigenvalue weighted by Crippen LogP contribution is 2.25. The second-order valence-electron chi connectivity index (χ2n) is 8.00. The lowest BCUT2D eigenvalue weighted by molar-refractivity contribution is -0.120. The Kier molecular flexibility index (Phi) is 7.87. The molecule has 2 aromatic heterocycles. The molecule has 0 aliphatic rings. The van der Waals surface area contributed by atoms with Crippen LogP contribution in [-0.4, -0.2) is 58.9 Å². The number of nitrogens with one attached hydrogen (secondary N) is 2. The lowest BCUT2D eigenvalue weighted by atomic mass is 10.1. The van der Waals surface area contributed by atoms with Crippen molar-refractivity contribution in [1.29, 1.82) is 0 Å². The number of anilines is 1. The highest BCUT2D eigenvalue weighted by Gasteiger charge is 2.13. The van der Waals surface area contributed by atoms with Crippen LogP contribution in [0.3, 0.4) is 0 Å². The quantitative estimate of drug-likeness (QED) is 0.312. The van der Waals surface area contributed by atoms with Crippen LogP contribution >= 0.6 is 0 Å². The molecular weight excluding hydrogens is 432 g/mol. The molecule has 0 atom stereocenters. The Bertz CT molecular complexity index is 1240. The van der Waals surface area contributed by atoms with Crippen LogP contribution in [0.2, 0.25) is 0 Å². The number of aryl methyl sites for hydroxylation is 1. The SMILES string of the molecule is COCCOc1ccc2c(c1)nc(NCCCCNC(=O)Cc1ccccc1)c1nnc(C)n12. The molecule has 34 heavy (non-hydrogen) atoms. The zero-order chi connectivity index (χ0) is 23.8. The largest absolute Gasteiger partial charge is 0.491 e. The van der Waals surface area contributed by atoms with Gasteiger partial charge in [0.1, 0.15) is 18.2 Å². The van der Waals surface area contributed by atoms with Gasteiger partial charge < -0.3 is 20.1 Å². The fourth-order valence-corrected chi connectivity index (χ4v) is 3.74. The minimum Gasteiger partial charge on any atom is -0.491 e. The van der Waals surface area contributed by atoms with E-state index in [0.717, 1.165) is 41.0 Å². The average Bonchev–Trinajstić information content (AvgIpc) is 3.24. The van der Waals surface area contributed by atoms with Gasteiger partial charge >= 0.3 is 0 Å². The average molecular weight is 463 g/mol. The van der Waals surface area contributed by atoms with Gasteiger partial charge in [0.25, 0.3) is 0 Å². The molecular formula is C25H30N6O3. The normalized spacial score (nSPS) is 11.1. The standard InChI is InChI=1S/C25H30N6O3/c1-18-29-30-25-24(27-13-7-6-12-26-23(32)16-19-8-4-3-5-9-19)28-21-17-20(34-15-14-33-2)10-11-22(21)31(18)25/h3-5,8-11,17H,6-7,12-16H2,1-2H3,(H,26,32)(H,27,28). The summed E-state index contributed by atoms with van der Waals surface area (Å²) in [6.45, 7) is 4.26. The van der Waals surface area contributed by atoms with Crippen LogP contribution < -0.4 is 15.4 Å². The number of amides is 1. The van der Waals surface area contributed by atoms with Crippen molar-refractivity contribution in [1.82, 2.24) is 24.9 Å². The van der Waals surface area contributed by atoms with E-state index in [1.54, 1.807) is 7.11 Å². The maximum Gasteiger partial charge on any atom is 0.224 e. The van der Waals surface area contributed by atoms with E-state index in [2.05, 4.69) is 20.8 Å². The first-order valence-electron chi connectivity index (χ1n) is 11.5. The number of nitrogens with zero attached hydrogens (tertiary/aromatic N) is 4. The topological polar surface area (TPSA) is 103 Å². The molecule has 0 bridgehead atoms. The number of carbonyl (C=O) groups is 1. The van der Waals surface area contributed by atoms with Gasteiger partial charge in [-0.1, -0.05) is 30.3 Å². The lowest BCUT2D eigenvalue weighted by Crippen LogP contribution is -2.26. The van der Waals surface area contributed by atoms with E-state index in [1.807, 2.05) is 59.9 Å². The van der Waals surface area contributed by atoms with Gasteiger partial charge in [-0.25, -0.2) is 4.98 Å². The van der Waals surface area contributed by atoms with Crippen LogP contribution in [0.15, 0.2) is 48.5 Å². The van der Waals surface area contributed by atoms with E-state index in [0.29, 0.717) is 44.2 Å². The molecule has 2 aromatic carbocycles. The van der Waals surface area contributed by atoms with Gasteiger partial charge in [-0.15, -0.1) is 10.2 Å².